The lowest BCUT2D eigenvalue weighted by Gasteiger charge is -2.20. The summed E-state index contributed by atoms with van der Waals surface area (Å²) in [6, 6.07) is 16.8. The van der Waals surface area contributed by atoms with Crippen LogP contribution in [-0.2, 0) is 9.53 Å². The fraction of sp³-hybridized carbons (Fsp3) is 0.409. The van der Waals surface area contributed by atoms with Crippen LogP contribution in [0.3, 0.4) is 0 Å². The maximum Gasteiger partial charge on any atom is 0.306 e. The number of carbonyl (C=O) groups excluding carboxylic acids is 1. The molecule has 0 heterocycles. The van der Waals surface area contributed by atoms with Gasteiger partial charge in [0.15, 0.2) is 0 Å². The molecule has 4 nitrogen and oxygen atoms in total. The van der Waals surface area contributed by atoms with Gasteiger partial charge in [-0.1, -0.05) is 32.0 Å². The summed E-state index contributed by atoms with van der Waals surface area (Å²) in [6.45, 7) is 6.67. The van der Waals surface area contributed by atoms with Crippen LogP contribution in [0.2, 0.25) is 0 Å². The van der Waals surface area contributed by atoms with Gasteiger partial charge in [-0.05, 0) is 49.6 Å². The van der Waals surface area contributed by atoms with E-state index in [9.17, 15) is 4.79 Å². The molecule has 0 radical (unpaired) electrons. The molecule has 0 aliphatic heterocycles. The number of nitrogens with one attached hydrogen (secondary N) is 2. The third kappa shape index (κ3) is 7.55. The molecular weight excluding hydrogens is 356 g/mol. The predicted molar refractivity (Wildman–Crippen MR) is 116 cm³/mol. The summed E-state index contributed by atoms with van der Waals surface area (Å²) in [5.74, 6) is 1.15. The zero-order valence-corrected chi connectivity index (χ0v) is 17.4. The van der Waals surface area contributed by atoms with E-state index in [4.69, 9.17) is 4.74 Å². The summed E-state index contributed by atoms with van der Waals surface area (Å²) in [6.07, 6.45) is 1.51. The summed E-state index contributed by atoms with van der Waals surface area (Å²) in [4.78, 5) is 12.6. The number of hydrogen-bond acceptors (Lipinski definition) is 5. The fourth-order valence-electron chi connectivity index (χ4n) is 2.90. The summed E-state index contributed by atoms with van der Waals surface area (Å²) in [5, 5.41) is 7.05. The first kappa shape index (κ1) is 21.2. The number of para-hydroxylation sites is 1. The molecule has 2 rings (SSSR count). The highest BCUT2D eigenvalue weighted by atomic mass is 32.2. The van der Waals surface area contributed by atoms with Crippen molar-refractivity contribution in [2.45, 2.75) is 44.6 Å². The van der Waals surface area contributed by atoms with Gasteiger partial charge < -0.3 is 15.4 Å². The Morgan fingerprint density at radius 3 is 2.48 bits per heavy atom. The van der Waals surface area contributed by atoms with E-state index >= 15 is 0 Å². The van der Waals surface area contributed by atoms with Crippen LogP contribution in [0.4, 0.5) is 17.1 Å². The molecule has 0 saturated carbocycles. The van der Waals surface area contributed by atoms with Gasteiger partial charge in [0.2, 0.25) is 0 Å². The Morgan fingerprint density at radius 2 is 1.81 bits per heavy atom. The highest BCUT2D eigenvalue weighted by Crippen LogP contribution is 2.32. The Bertz CT molecular complexity index is 720. The smallest absolute Gasteiger partial charge is 0.306 e. The van der Waals surface area contributed by atoms with E-state index in [2.05, 4.69) is 49.6 Å². The van der Waals surface area contributed by atoms with Gasteiger partial charge in [-0.3, -0.25) is 4.79 Å². The maximum atomic E-state index is 11.4. The van der Waals surface area contributed by atoms with Crippen molar-refractivity contribution in [1.29, 1.82) is 0 Å². The highest BCUT2D eigenvalue weighted by molar-refractivity contribution is 7.99. The third-order valence-electron chi connectivity index (χ3n) is 4.06. The molecule has 27 heavy (non-hydrogen) atoms. The van der Waals surface area contributed by atoms with Crippen LogP contribution in [0, 0.1) is 5.92 Å². The van der Waals surface area contributed by atoms with Crippen molar-refractivity contribution < 1.29 is 9.53 Å². The summed E-state index contributed by atoms with van der Waals surface area (Å²) < 4.78 is 4.75. The second-order valence-electron chi connectivity index (χ2n) is 7.05. The number of rotatable bonds is 10. The average Bonchev–Trinajstić information content (AvgIpc) is 2.63. The standard InChI is InChI=1S/C22H30N2O2S/c1-16(2)14-17(3)23-20-11-10-19(24-18-8-6-5-7-9-18)15-21(20)27-13-12-22(25)26-4/h5-11,15-17,23-24H,12-14H2,1-4H3. The van der Waals surface area contributed by atoms with Gasteiger partial charge in [0.1, 0.15) is 0 Å². The zero-order valence-electron chi connectivity index (χ0n) is 16.6. The van der Waals surface area contributed by atoms with E-state index in [0.29, 0.717) is 24.1 Å². The van der Waals surface area contributed by atoms with Crippen LogP contribution in [0.25, 0.3) is 0 Å². The molecule has 2 aromatic carbocycles. The lowest BCUT2D eigenvalue weighted by molar-refractivity contribution is -0.140. The van der Waals surface area contributed by atoms with Crippen molar-refractivity contribution in [3.8, 4) is 0 Å². The van der Waals surface area contributed by atoms with E-state index in [1.165, 1.54) is 7.11 Å². The molecule has 5 heteroatoms. The molecule has 0 bridgehead atoms. The number of anilines is 3. The number of ether oxygens (including phenoxy) is 1. The molecule has 1 atom stereocenters. The normalized spacial score (nSPS) is 11.9. The number of esters is 1. The molecule has 0 saturated heterocycles. The van der Waals surface area contributed by atoms with Crippen LogP contribution >= 0.6 is 11.8 Å². The summed E-state index contributed by atoms with van der Waals surface area (Å²) in [7, 11) is 1.43. The highest BCUT2D eigenvalue weighted by Gasteiger charge is 2.11. The molecule has 0 aliphatic carbocycles. The molecule has 2 aromatic rings. The van der Waals surface area contributed by atoms with Gasteiger partial charge in [0, 0.05) is 33.8 Å². The van der Waals surface area contributed by atoms with Gasteiger partial charge >= 0.3 is 5.97 Å². The molecule has 0 spiro atoms. The lowest BCUT2D eigenvalue weighted by Crippen LogP contribution is -2.18. The average molecular weight is 387 g/mol. The van der Waals surface area contributed by atoms with Crippen molar-refractivity contribution in [2.75, 3.05) is 23.5 Å². The van der Waals surface area contributed by atoms with Crippen molar-refractivity contribution >= 4 is 34.8 Å². The number of carbonyl (C=O) groups is 1. The van der Waals surface area contributed by atoms with Crippen molar-refractivity contribution in [3.63, 3.8) is 0 Å². The van der Waals surface area contributed by atoms with Crippen LogP contribution in [0.5, 0.6) is 0 Å². The zero-order chi connectivity index (χ0) is 19.6. The molecule has 0 aromatic heterocycles. The number of methoxy groups -OCH3 is 1. The summed E-state index contributed by atoms with van der Waals surface area (Å²) in [5.41, 5.74) is 3.19. The number of thioether (sulfide) groups is 1. The van der Waals surface area contributed by atoms with Crippen LogP contribution in [-0.4, -0.2) is 24.9 Å². The monoisotopic (exact) mass is 386 g/mol. The SMILES string of the molecule is COC(=O)CCSc1cc(Nc2ccccc2)ccc1NC(C)CC(C)C. The Balaban J connectivity index is 2.14. The lowest BCUT2D eigenvalue weighted by atomic mass is 10.1. The van der Waals surface area contributed by atoms with E-state index < -0.39 is 0 Å². The molecule has 1 unspecified atom stereocenters. The largest absolute Gasteiger partial charge is 0.469 e. The van der Waals surface area contributed by atoms with E-state index in [0.717, 1.165) is 28.4 Å². The molecule has 0 aliphatic rings. The quantitative estimate of drug-likeness (QED) is 0.391. The van der Waals surface area contributed by atoms with Crippen molar-refractivity contribution in [1.82, 2.24) is 0 Å². The van der Waals surface area contributed by atoms with Crippen molar-refractivity contribution in [3.05, 3.63) is 48.5 Å². The minimum atomic E-state index is -0.177. The summed E-state index contributed by atoms with van der Waals surface area (Å²) >= 11 is 1.67. The Hall–Kier alpha value is -2.14. The first-order valence-electron chi connectivity index (χ1n) is 9.40. The molecule has 2 N–H and O–H groups in total. The van der Waals surface area contributed by atoms with Crippen LogP contribution in [0.1, 0.15) is 33.6 Å². The van der Waals surface area contributed by atoms with Gasteiger partial charge in [-0.2, -0.15) is 0 Å². The van der Waals surface area contributed by atoms with Gasteiger partial charge in [-0.15, -0.1) is 11.8 Å². The van der Waals surface area contributed by atoms with Crippen LogP contribution < -0.4 is 10.6 Å². The topological polar surface area (TPSA) is 50.4 Å². The minimum absolute atomic E-state index is 0.177. The van der Waals surface area contributed by atoms with Crippen molar-refractivity contribution in [2.24, 2.45) is 5.92 Å². The molecule has 0 fully saturated rings. The van der Waals surface area contributed by atoms with Gasteiger partial charge in [0.25, 0.3) is 0 Å². The maximum absolute atomic E-state index is 11.4. The number of benzene rings is 2. The third-order valence-corrected chi connectivity index (χ3v) is 5.12. The first-order chi connectivity index (χ1) is 13.0. The van der Waals surface area contributed by atoms with Gasteiger partial charge in [-0.25, -0.2) is 0 Å². The first-order valence-corrected chi connectivity index (χ1v) is 10.4. The Kier molecular flexibility index (Phi) is 8.52. The molecule has 146 valence electrons. The molecule has 0 amide bonds. The predicted octanol–water partition coefficient (Wildman–Crippen LogP) is 5.93. The second kappa shape index (κ2) is 10.9. The fourth-order valence-corrected chi connectivity index (χ4v) is 3.89. The Morgan fingerprint density at radius 1 is 1.07 bits per heavy atom. The van der Waals surface area contributed by atoms with Gasteiger partial charge in [0.05, 0.1) is 13.5 Å². The Labute approximate surface area is 167 Å². The second-order valence-corrected chi connectivity index (χ2v) is 8.19. The van der Waals surface area contributed by atoms with E-state index in [-0.39, 0.29) is 5.97 Å². The van der Waals surface area contributed by atoms with E-state index in [1.54, 1.807) is 11.8 Å². The van der Waals surface area contributed by atoms with Crippen LogP contribution in [0.15, 0.2) is 53.4 Å². The number of hydrogen-bond donors (Lipinski definition) is 2. The molecular formula is C22H30N2O2S. The minimum Gasteiger partial charge on any atom is -0.469 e. The van der Waals surface area contributed by atoms with E-state index in [1.807, 2.05) is 30.3 Å².